The average Bonchev–Trinajstić information content (AvgIpc) is 2.23. The molecule has 1 aromatic rings. The van der Waals surface area contributed by atoms with Crippen LogP contribution in [-0.4, -0.2) is 18.5 Å². The monoisotopic (exact) mass is 240 g/mol. The summed E-state index contributed by atoms with van der Waals surface area (Å²) in [6, 6.07) is 6.47. The largest absolute Gasteiger partial charge is 0.301 e. The van der Waals surface area contributed by atoms with Crippen molar-refractivity contribution < 1.29 is 4.39 Å². The zero-order valence-electron chi connectivity index (χ0n) is 9.37. The highest BCUT2D eigenvalue weighted by Gasteiger charge is 2.08. The first-order chi connectivity index (χ1) is 7.52. The Bertz CT molecular complexity index is 400. The number of nitrogens with zero attached hydrogens (tertiary/aromatic N) is 2. The van der Waals surface area contributed by atoms with Crippen molar-refractivity contribution in [2.75, 3.05) is 13.6 Å². The molecule has 0 amide bonds. The summed E-state index contributed by atoms with van der Waals surface area (Å²) in [7, 11) is 1.88. The van der Waals surface area contributed by atoms with Gasteiger partial charge >= 0.3 is 0 Å². The molecule has 1 atom stereocenters. The maximum Gasteiger partial charge on any atom is 0.123 e. The van der Waals surface area contributed by atoms with Crippen molar-refractivity contribution in [3.63, 3.8) is 0 Å². The number of benzene rings is 1. The Kier molecular flexibility index (Phi) is 4.72. The van der Waals surface area contributed by atoms with Crippen LogP contribution in [0.25, 0.3) is 0 Å². The van der Waals surface area contributed by atoms with Gasteiger partial charge in [-0.2, -0.15) is 5.26 Å². The highest BCUT2D eigenvalue weighted by molar-refractivity contribution is 6.31. The van der Waals surface area contributed by atoms with Crippen molar-refractivity contribution in [2.24, 2.45) is 5.92 Å². The Morgan fingerprint density at radius 3 is 2.88 bits per heavy atom. The zero-order valence-corrected chi connectivity index (χ0v) is 10.1. The minimum atomic E-state index is -0.291. The highest BCUT2D eigenvalue weighted by atomic mass is 35.5. The van der Waals surface area contributed by atoms with E-state index in [1.54, 1.807) is 6.07 Å². The van der Waals surface area contributed by atoms with Crippen LogP contribution in [0, 0.1) is 23.1 Å². The molecule has 0 aliphatic rings. The van der Waals surface area contributed by atoms with E-state index < -0.39 is 0 Å². The molecule has 0 saturated heterocycles. The first-order valence-electron chi connectivity index (χ1n) is 5.05. The van der Waals surface area contributed by atoms with Crippen LogP contribution in [0.3, 0.4) is 0 Å². The molecule has 0 radical (unpaired) electrons. The van der Waals surface area contributed by atoms with E-state index in [0.717, 1.165) is 5.56 Å². The fourth-order valence-corrected chi connectivity index (χ4v) is 1.71. The molecule has 1 rings (SSSR count). The molecule has 0 fully saturated rings. The lowest BCUT2D eigenvalue weighted by molar-refractivity contribution is 0.303. The molecule has 0 aromatic heterocycles. The number of hydrogen-bond acceptors (Lipinski definition) is 2. The first kappa shape index (κ1) is 13.0. The maximum absolute atomic E-state index is 13.0. The van der Waals surface area contributed by atoms with Crippen molar-refractivity contribution in [1.82, 2.24) is 4.90 Å². The zero-order chi connectivity index (χ0) is 12.1. The molecule has 1 unspecified atom stereocenters. The molecule has 0 aliphatic carbocycles. The molecule has 16 heavy (non-hydrogen) atoms. The van der Waals surface area contributed by atoms with Crippen LogP contribution in [-0.2, 0) is 6.54 Å². The molecule has 4 heteroatoms. The van der Waals surface area contributed by atoms with Crippen LogP contribution in [0.1, 0.15) is 12.5 Å². The van der Waals surface area contributed by atoms with Gasteiger partial charge in [-0.15, -0.1) is 0 Å². The van der Waals surface area contributed by atoms with Crippen LogP contribution in [0.5, 0.6) is 0 Å². The van der Waals surface area contributed by atoms with Crippen LogP contribution in [0.4, 0.5) is 4.39 Å². The molecule has 86 valence electrons. The molecule has 0 bridgehead atoms. The molecule has 0 saturated carbocycles. The number of rotatable bonds is 4. The van der Waals surface area contributed by atoms with Gasteiger partial charge in [-0.1, -0.05) is 11.6 Å². The predicted molar refractivity (Wildman–Crippen MR) is 62.5 cm³/mol. The number of hydrogen-bond donors (Lipinski definition) is 0. The smallest absolute Gasteiger partial charge is 0.123 e. The van der Waals surface area contributed by atoms with Gasteiger partial charge in [0.1, 0.15) is 5.82 Å². The van der Waals surface area contributed by atoms with E-state index in [4.69, 9.17) is 16.9 Å². The predicted octanol–water partition coefficient (Wildman–Crippen LogP) is 3.07. The molecule has 0 N–H and O–H groups in total. The molecule has 0 spiro atoms. The Labute approximate surface area is 100 Å². The molecule has 0 heterocycles. The van der Waals surface area contributed by atoms with Crippen molar-refractivity contribution in [2.45, 2.75) is 13.5 Å². The Balaban J connectivity index is 2.66. The standard InChI is InChI=1S/C12H14ClFN2/c1-9(6-15)7-16(2)8-10-5-11(14)3-4-12(10)13/h3-5,9H,7-8H2,1-2H3. The van der Waals surface area contributed by atoms with Gasteiger partial charge in [-0.05, 0) is 37.7 Å². The summed E-state index contributed by atoms with van der Waals surface area (Å²) >= 11 is 5.95. The number of nitriles is 1. The van der Waals surface area contributed by atoms with E-state index in [9.17, 15) is 4.39 Å². The summed E-state index contributed by atoms with van der Waals surface area (Å²) in [4.78, 5) is 1.95. The second-order valence-electron chi connectivity index (χ2n) is 3.96. The molecule has 1 aromatic carbocycles. The Morgan fingerprint density at radius 2 is 2.25 bits per heavy atom. The SMILES string of the molecule is CC(C#N)CN(C)Cc1cc(F)ccc1Cl. The second-order valence-corrected chi connectivity index (χ2v) is 4.37. The lowest BCUT2D eigenvalue weighted by atomic mass is 10.1. The first-order valence-corrected chi connectivity index (χ1v) is 5.43. The van der Waals surface area contributed by atoms with Crippen LogP contribution >= 0.6 is 11.6 Å². The third kappa shape index (κ3) is 3.80. The quantitative estimate of drug-likeness (QED) is 0.809. The summed E-state index contributed by atoms with van der Waals surface area (Å²) < 4.78 is 13.0. The van der Waals surface area contributed by atoms with Gasteiger partial charge in [0.05, 0.1) is 12.0 Å². The van der Waals surface area contributed by atoms with Crippen molar-refractivity contribution in [1.29, 1.82) is 5.26 Å². The van der Waals surface area contributed by atoms with Gasteiger partial charge < -0.3 is 4.90 Å². The van der Waals surface area contributed by atoms with Crippen LogP contribution in [0.2, 0.25) is 5.02 Å². The fourth-order valence-electron chi connectivity index (χ4n) is 1.53. The fraction of sp³-hybridized carbons (Fsp3) is 0.417. The highest BCUT2D eigenvalue weighted by Crippen LogP contribution is 2.18. The minimum Gasteiger partial charge on any atom is -0.301 e. The van der Waals surface area contributed by atoms with E-state index in [2.05, 4.69) is 6.07 Å². The lowest BCUT2D eigenvalue weighted by Gasteiger charge is -2.18. The third-order valence-corrected chi connectivity index (χ3v) is 2.62. The number of halogens is 2. The third-order valence-electron chi connectivity index (χ3n) is 2.25. The Hall–Kier alpha value is -1.11. The summed E-state index contributed by atoms with van der Waals surface area (Å²) in [5, 5.41) is 9.24. The van der Waals surface area contributed by atoms with Crippen molar-refractivity contribution >= 4 is 11.6 Å². The molecular weight excluding hydrogens is 227 g/mol. The van der Waals surface area contributed by atoms with Gasteiger partial charge in [0.2, 0.25) is 0 Å². The molecular formula is C12H14ClFN2. The summed E-state index contributed by atoms with van der Waals surface area (Å²) in [5.41, 5.74) is 0.745. The Morgan fingerprint density at radius 1 is 1.56 bits per heavy atom. The molecule has 2 nitrogen and oxygen atoms in total. The molecule has 0 aliphatic heterocycles. The van der Waals surface area contributed by atoms with Gasteiger partial charge in [-0.3, -0.25) is 0 Å². The van der Waals surface area contributed by atoms with E-state index >= 15 is 0 Å². The average molecular weight is 241 g/mol. The van der Waals surface area contributed by atoms with E-state index in [1.807, 2.05) is 18.9 Å². The van der Waals surface area contributed by atoms with Crippen molar-refractivity contribution in [3.05, 3.63) is 34.6 Å². The maximum atomic E-state index is 13.0. The van der Waals surface area contributed by atoms with Crippen LogP contribution < -0.4 is 0 Å². The summed E-state index contributed by atoms with van der Waals surface area (Å²) in [5.74, 6) is -0.335. The van der Waals surface area contributed by atoms with E-state index in [0.29, 0.717) is 18.1 Å². The second kappa shape index (κ2) is 5.83. The van der Waals surface area contributed by atoms with Crippen LogP contribution in [0.15, 0.2) is 18.2 Å². The van der Waals surface area contributed by atoms with E-state index in [-0.39, 0.29) is 11.7 Å². The van der Waals surface area contributed by atoms with Gasteiger partial charge in [0.15, 0.2) is 0 Å². The minimum absolute atomic E-state index is 0.0441. The summed E-state index contributed by atoms with van der Waals surface area (Å²) in [6.45, 7) is 3.04. The van der Waals surface area contributed by atoms with Gasteiger partial charge in [-0.25, -0.2) is 4.39 Å². The topological polar surface area (TPSA) is 27.0 Å². The van der Waals surface area contributed by atoms with E-state index in [1.165, 1.54) is 12.1 Å². The summed E-state index contributed by atoms with van der Waals surface area (Å²) in [6.07, 6.45) is 0. The lowest BCUT2D eigenvalue weighted by Crippen LogP contribution is -2.23. The van der Waals surface area contributed by atoms with Gasteiger partial charge in [0, 0.05) is 18.1 Å². The normalized spacial score (nSPS) is 12.5. The van der Waals surface area contributed by atoms with Crippen molar-refractivity contribution in [3.8, 4) is 6.07 Å². The van der Waals surface area contributed by atoms with Gasteiger partial charge in [0.25, 0.3) is 0 Å².